The number of nitrogens with one attached hydrogen (secondary N) is 1. The van der Waals surface area contributed by atoms with Crippen molar-refractivity contribution in [1.29, 1.82) is 0 Å². The lowest BCUT2D eigenvalue weighted by Gasteiger charge is -2.05. The molecule has 0 aliphatic rings. The van der Waals surface area contributed by atoms with Gasteiger partial charge in [0.05, 0.1) is 11.3 Å². The summed E-state index contributed by atoms with van der Waals surface area (Å²) in [5.74, 6) is 0.292. The van der Waals surface area contributed by atoms with Crippen LogP contribution in [0.15, 0.2) is 25.2 Å². The third-order valence-corrected chi connectivity index (χ3v) is 2.20. The van der Waals surface area contributed by atoms with Crippen molar-refractivity contribution in [3.63, 3.8) is 0 Å². The van der Waals surface area contributed by atoms with E-state index in [0.717, 1.165) is 0 Å². The maximum absolute atomic E-state index is 11.7. The van der Waals surface area contributed by atoms with Gasteiger partial charge in [0.25, 0.3) is 11.7 Å². The van der Waals surface area contributed by atoms with E-state index in [1.54, 1.807) is 13.0 Å². The molecule has 82 valence electrons. The Morgan fingerprint density at radius 3 is 3.19 bits per heavy atom. The molecular formula is C10H11N5O. The Bertz CT molecular complexity index is 545. The van der Waals surface area contributed by atoms with Gasteiger partial charge in [0.2, 0.25) is 0 Å². The molecule has 0 radical (unpaired) electrons. The van der Waals surface area contributed by atoms with E-state index in [9.17, 15) is 4.79 Å². The van der Waals surface area contributed by atoms with Crippen LogP contribution in [-0.4, -0.2) is 32.0 Å². The van der Waals surface area contributed by atoms with Gasteiger partial charge in [0, 0.05) is 12.7 Å². The summed E-state index contributed by atoms with van der Waals surface area (Å²) in [7, 11) is 0. The van der Waals surface area contributed by atoms with Crippen molar-refractivity contribution in [2.45, 2.75) is 6.92 Å². The highest BCUT2D eigenvalue weighted by Crippen LogP contribution is 2.06. The van der Waals surface area contributed by atoms with Crippen molar-refractivity contribution < 1.29 is 4.79 Å². The highest BCUT2D eigenvalue weighted by atomic mass is 16.1. The molecule has 0 unspecified atom stereocenters. The first-order valence-corrected chi connectivity index (χ1v) is 4.78. The van der Waals surface area contributed by atoms with Gasteiger partial charge in [0.1, 0.15) is 6.33 Å². The Kier molecular flexibility index (Phi) is 2.63. The van der Waals surface area contributed by atoms with Gasteiger partial charge in [-0.25, -0.2) is 9.50 Å². The second kappa shape index (κ2) is 4.09. The lowest BCUT2D eigenvalue weighted by atomic mass is 10.2. The minimum Gasteiger partial charge on any atom is -0.348 e. The van der Waals surface area contributed by atoms with E-state index in [1.807, 2.05) is 0 Å². The largest absolute Gasteiger partial charge is 0.348 e. The molecule has 0 aliphatic heterocycles. The molecule has 0 spiro atoms. The molecule has 0 bridgehead atoms. The highest BCUT2D eigenvalue weighted by Gasteiger charge is 2.12. The average molecular weight is 217 g/mol. The molecular weight excluding hydrogens is 206 g/mol. The second-order valence-electron chi connectivity index (χ2n) is 3.23. The standard InChI is InChI=1S/C10H11N5O/c1-3-4-11-9(16)8-5-12-10-13-6-14-15(10)7(8)2/h3,5-6H,1,4H2,2H3,(H,11,16). The van der Waals surface area contributed by atoms with Crippen molar-refractivity contribution in [3.8, 4) is 0 Å². The third kappa shape index (κ3) is 1.65. The number of nitrogens with zero attached hydrogens (tertiary/aromatic N) is 4. The fraction of sp³-hybridized carbons (Fsp3) is 0.200. The van der Waals surface area contributed by atoms with Crippen LogP contribution in [0.2, 0.25) is 0 Å². The predicted octanol–water partition coefficient (Wildman–Crippen LogP) is 0.349. The summed E-state index contributed by atoms with van der Waals surface area (Å²) in [6.45, 7) is 5.75. The molecule has 2 aromatic rings. The molecule has 0 saturated carbocycles. The Labute approximate surface area is 92.0 Å². The molecule has 6 heteroatoms. The summed E-state index contributed by atoms with van der Waals surface area (Å²) >= 11 is 0. The molecule has 0 aliphatic carbocycles. The molecule has 0 fully saturated rings. The van der Waals surface area contributed by atoms with E-state index in [4.69, 9.17) is 0 Å². The van der Waals surface area contributed by atoms with Crippen LogP contribution in [0.5, 0.6) is 0 Å². The number of hydrogen-bond acceptors (Lipinski definition) is 4. The zero-order valence-corrected chi connectivity index (χ0v) is 8.84. The fourth-order valence-electron chi connectivity index (χ4n) is 1.37. The molecule has 16 heavy (non-hydrogen) atoms. The van der Waals surface area contributed by atoms with Crippen LogP contribution in [0.1, 0.15) is 16.1 Å². The van der Waals surface area contributed by atoms with Crippen molar-refractivity contribution in [2.75, 3.05) is 6.54 Å². The summed E-state index contributed by atoms with van der Waals surface area (Å²) in [6.07, 6.45) is 4.52. The van der Waals surface area contributed by atoms with Gasteiger partial charge in [-0.05, 0) is 6.92 Å². The Morgan fingerprint density at radius 1 is 1.62 bits per heavy atom. The van der Waals surface area contributed by atoms with E-state index in [-0.39, 0.29) is 5.91 Å². The normalized spacial score (nSPS) is 10.3. The molecule has 1 N–H and O–H groups in total. The first-order chi connectivity index (χ1) is 7.74. The van der Waals surface area contributed by atoms with Crippen LogP contribution in [0, 0.1) is 6.92 Å². The minimum atomic E-state index is -0.192. The Morgan fingerprint density at radius 2 is 2.44 bits per heavy atom. The van der Waals surface area contributed by atoms with Crippen LogP contribution in [0.4, 0.5) is 0 Å². The van der Waals surface area contributed by atoms with Crippen molar-refractivity contribution in [3.05, 3.63) is 36.4 Å². The summed E-state index contributed by atoms with van der Waals surface area (Å²) < 4.78 is 1.53. The maximum Gasteiger partial charge on any atom is 0.254 e. The molecule has 1 amide bonds. The number of carbonyl (C=O) groups is 1. The number of rotatable bonds is 3. The molecule has 6 nitrogen and oxygen atoms in total. The van der Waals surface area contributed by atoms with Crippen molar-refractivity contribution >= 4 is 11.7 Å². The van der Waals surface area contributed by atoms with Crippen LogP contribution in [0.3, 0.4) is 0 Å². The molecule has 0 atom stereocenters. The van der Waals surface area contributed by atoms with E-state index in [1.165, 1.54) is 17.0 Å². The molecule has 2 heterocycles. The van der Waals surface area contributed by atoms with Gasteiger partial charge >= 0.3 is 0 Å². The lowest BCUT2D eigenvalue weighted by Crippen LogP contribution is -2.25. The summed E-state index contributed by atoms with van der Waals surface area (Å²) in [6, 6.07) is 0. The molecule has 0 aromatic carbocycles. The number of fused-ring (bicyclic) bond motifs is 1. The number of carbonyl (C=O) groups excluding carboxylic acids is 1. The number of hydrogen-bond donors (Lipinski definition) is 1. The maximum atomic E-state index is 11.7. The average Bonchev–Trinajstić information content (AvgIpc) is 2.75. The minimum absolute atomic E-state index is 0.192. The van der Waals surface area contributed by atoms with E-state index in [2.05, 4.69) is 27.0 Å². The second-order valence-corrected chi connectivity index (χ2v) is 3.23. The van der Waals surface area contributed by atoms with Gasteiger partial charge in [-0.15, -0.1) is 6.58 Å². The third-order valence-electron chi connectivity index (χ3n) is 2.20. The van der Waals surface area contributed by atoms with Crippen molar-refractivity contribution in [1.82, 2.24) is 24.9 Å². The first-order valence-electron chi connectivity index (χ1n) is 4.78. The van der Waals surface area contributed by atoms with E-state index >= 15 is 0 Å². The van der Waals surface area contributed by atoms with Crippen LogP contribution >= 0.6 is 0 Å². The summed E-state index contributed by atoms with van der Waals surface area (Å²) in [5.41, 5.74) is 1.20. The number of aromatic nitrogens is 4. The van der Waals surface area contributed by atoms with Gasteiger partial charge in [-0.2, -0.15) is 10.1 Å². The number of aryl methyl sites for hydroxylation is 1. The van der Waals surface area contributed by atoms with E-state index in [0.29, 0.717) is 23.6 Å². The fourth-order valence-corrected chi connectivity index (χ4v) is 1.37. The predicted molar refractivity (Wildman–Crippen MR) is 58.0 cm³/mol. The summed E-state index contributed by atoms with van der Waals surface area (Å²) in [5, 5.41) is 6.67. The smallest absolute Gasteiger partial charge is 0.254 e. The topological polar surface area (TPSA) is 72.2 Å². The Hall–Kier alpha value is -2.24. The highest BCUT2D eigenvalue weighted by molar-refractivity contribution is 5.95. The quantitative estimate of drug-likeness (QED) is 0.753. The van der Waals surface area contributed by atoms with Crippen LogP contribution in [0.25, 0.3) is 5.78 Å². The molecule has 2 aromatic heterocycles. The van der Waals surface area contributed by atoms with Crippen LogP contribution in [-0.2, 0) is 0 Å². The van der Waals surface area contributed by atoms with Gasteiger partial charge in [-0.3, -0.25) is 4.79 Å². The first kappa shape index (κ1) is 10.3. The zero-order valence-electron chi connectivity index (χ0n) is 8.84. The lowest BCUT2D eigenvalue weighted by molar-refractivity contribution is 0.0956. The van der Waals surface area contributed by atoms with Crippen molar-refractivity contribution in [2.24, 2.45) is 0 Å². The van der Waals surface area contributed by atoms with Crippen LogP contribution < -0.4 is 5.32 Å². The van der Waals surface area contributed by atoms with Gasteiger partial charge < -0.3 is 5.32 Å². The monoisotopic (exact) mass is 217 g/mol. The van der Waals surface area contributed by atoms with Gasteiger partial charge in [-0.1, -0.05) is 6.08 Å². The number of amides is 1. The molecule has 2 rings (SSSR count). The Balaban J connectivity index is 2.40. The van der Waals surface area contributed by atoms with Gasteiger partial charge in [0.15, 0.2) is 0 Å². The van der Waals surface area contributed by atoms with E-state index < -0.39 is 0 Å². The SMILES string of the molecule is C=CCNC(=O)c1cnc2ncnn2c1C. The zero-order chi connectivity index (χ0) is 11.5. The summed E-state index contributed by atoms with van der Waals surface area (Å²) in [4.78, 5) is 19.7. The molecule has 0 saturated heterocycles.